The van der Waals surface area contributed by atoms with Gasteiger partial charge in [-0.2, -0.15) is 0 Å². The van der Waals surface area contributed by atoms with Crippen LogP contribution in [0.2, 0.25) is 0 Å². The van der Waals surface area contributed by atoms with Crippen molar-refractivity contribution in [2.75, 3.05) is 0 Å². The van der Waals surface area contributed by atoms with Gasteiger partial charge in [0.1, 0.15) is 0 Å². The molecule has 1 N–H and O–H groups in total. The van der Waals surface area contributed by atoms with Crippen LogP contribution in [0.1, 0.15) is 0 Å². The normalized spacial score (nSPS) is 10.3. The highest BCUT2D eigenvalue weighted by Crippen LogP contribution is 2.23. The van der Waals surface area contributed by atoms with Crippen LogP contribution in [-0.2, 0) is 0 Å². The molecule has 0 bridgehead atoms. The first-order valence-corrected chi connectivity index (χ1v) is 5.25. The second-order valence-electron chi connectivity index (χ2n) is 2.01. The van der Waals surface area contributed by atoms with Crippen molar-refractivity contribution in [3.8, 4) is 11.0 Å². The van der Waals surface area contributed by atoms with Crippen LogP contribution in [0, 0.1) is 3.95 Å². The zero-order chi connectivity index (χ0) is 8.55. The molecule has 62 valence electrons. The standard InChI is InChI=1S/C6H4N2OS3/c9-4-3-12-6(10)8(4)5-7-1-2-11-5/h1-3,9H. The number of hydrogen-bond donors (Lipinski definition) is 1. The van der Waals surface area contributed by atoms with Crippen molar-refractivity contribution in [3.63, 3.8) is 0 Å². The van der Waals surface area contributed by atoms with Crippen molar-refractivity contribution >= 4 is 34.9 Å². The zero-order valence-corrected chi connectivity index (χ0v) is 8.25. The lowest BCUT2D eigenvalue weighted by Gasteiger charge is -1.96. The van der Waals surface area contributed by atoms with Crippen molar-refractivity contribution in [1.29, 1.82) is 0 Å². The Labute approximate surface area is 81.6 Å². The Hall–Kier alpha value is -0.720. The molecule has 0 radical (unpaired) electrons. The highest BCUT2D eigenvalue weighted by molar-refractivity contribution is 7.73. The minimum Gasteiger partial charge on any atom is -0.494 e. The van der Waals surface area contributed by atoms with Gasteiger partial charge in [-0.15, -0.1) is 22.7 Å². The van der Waals surface area contributed by atoms with E-state index < -0.39 is 0 Å². The fourth-order valence-electron chi connectivity index (χ4n) is 0.804. The maximum Gasteiger partial charge on any atom is 0.209 e. The van der Waals surface area contributed by atoms with E-state index >= 15 is 0 Å². The molecule has 0 atom stereocenters. The van der Waals surface area contributed by atoms with E-state index in [4.69, 9.17) is 12.2 Å². The Bertz CT molecular complexity index is 428. The molecule has 2 aromatic heterocycles. The van der Waals surface area contributed by atoms with Gasteiger partial charge in [0.25, 0.3) is 0 Å². The first-order valence-electron chi connectivity index (χ1n) is 3.08. The van der Waals surface area contributed by atoms with E-state index in [0.29, 0.717) is 9.09 Å². The molecule has 0 saturated heterocycles. The van der Waals surface area contributed by atoms with Crippen LogP contribution in [0.4, 0.5) is 0 Å². The predicted molar refractivity (Wildman–Crippen MR) is 51.8 cm³/mol. The van der Waals surface area contributed by atoms with Gasteiger partial charge in [0.15, 0.2) is 9.09 Å². The summed E-state index contributed by atoms with van der Waals surface area (Å²) in [5.41, 5.74) is 0. The van der Waals surface area contributed by atoms with Gasteiger partial charge in [-0.05, 0) is 12.2 Å². The Kier molecular flexibility index (Phi) is 1.95. The lowest BCUT2D eigenvalue weighted by Crippen LogP contribution is -1.90. The number of aromatic hydroxyl groups is 1. The fourth-order valence-corrected chi connectivity index (χ4v) is 2.50. The maximum atomic E-state index is 9.38. The summed E-state index contributed by atoms with van der Waals surface area (Å²) in [7, 11) is 0. The average molecular weight is 216 g/mol. The van der Waals surface area contributed by atoms with Gasteiger partial charge in [-0.1, -0.05) is 0 Å². The third-order valence-electron chi connectivity index (χ3n) is 1.29. The lowest BCUT2D eigenvalue weighted by molar-refractivity contribution is 0.442. The average Bonchev–Trinajstić information content (AvgIpc) is 2.61. The van der Waals surface area contributed by atoms with Crippen LogP contribution in [-0.4, -0.2) is 14.7 Å². The molecule has 2 heterocycles. The topological polar surface area (TPSA) is 38.0 Å². The van der Waals surface area contributed by atoms with Gasteiger partial charge >= 0.3 is 0 Å². The number of rotatable bonds is 1. The Balaban J connectivity index is 2.68. The monoisotopic (exact) mass is 216 g/mol. The molecular weight excluding hydrogens is 212 g/mol. The predicted octanol–water partition coefficient (Wildman–Crippen LogP) is 2.43. The summed E-state index contributed by atoms with van der Waals surface area (Å²) >= 11 is 7.77. The van der Waals surface area contributed by atoms with E-state index in [1.165, 1.54) is 22.7 Å². The molecule has 0 fully saturated rings. The molecule has 0 aromatic carbocycles. The molecule has 0 aliphatic heterocycles. The first-order chi connectivity index (χ1) is 5.79. The van der Waals surface area contributed by atoms with Crippen LogP contribution in [0.25, 0.3) is 5.13 Å². The summed E-state index contributed by atoms with van der Waals surface area (Å²) in [6.07, 6.45) is 1.68. The Morgan fingerprint density at radius 3 is 2.83 bits per heavy atom. The molecule has 0 unspecified atom stereocenters. The smallest absolute Gasteiger partial charge is 0.209 e. The van der Waals surface area contributed by atoms with Gasteiger partial charge in [0.05, 0.1) is 5.38 Å². The van der Waals surface area contributed by atoms with Crippen LogP contribution < -0.4 is 0 Å². The molecule has 6 heteroatoms. The third kappa shape index (κ3) is 1.17. The summed E-state index contributed by atoms with van der Waals surface area (Å²) in [5.74, 6) is 0.153. The molecule has 2 rings (SSSR count). The van der Waals surface area contributed by atoms with E-state index in [0.717, 1.165) is 0 Å². The summed E-state index contributed by atoms with van der Waals surface area (Å²) in [6.45, 7) is 0. The number of nitrogens with zero attached hydrogens (tertiary/aromatic N) is 2. The molecule has 0 aliphatic carbocycles. The van der Waals surface area contributed by atoms with Gasteiger partial charge in [0.2, 0.25) is 5.88 Å². The zero-order valence-electron chi connectivity index (χ0n) is 5.80. The molecule has 0 amide bonds. The third-order valence-corrected chi connectivity index (χ3v) is 3.23. The highest BCUT2D eigenvalue weighted by atomic mass is 32.1. The maximum absolute atomic E-state index is 9.38. The van der Waals surface area contributed by atoms with Gasteiger partial charge in [0, 0.05) is 11.6 Å². The molecule has 12 heavy (non-hydrogen) atoms. The Morgan fingerprint density at radius 2 is 2.33 bits per heavy atom. The van der Waals surface area contributed by atoms with Crippen molar-refractivity contribution in [2.45, 2.75) is 0 Å². The number of aromatic nitrogens is 2. The summed E-state index contributed by atoms with van der Waals surface area (Å²) in [5, 5.41) is 13.5. The van der Waals surface area contributed by atoms with Crippen molar-refractivity contribution in [1.82, 2.24) is 9.55 Å². The largest absolute Gasteiger partial charge is 0.494 e. The molecule has 3 nitrogen and oxygen atoms in total. The Morgan fingerprint density at radius 1 is 1.50 bits per heavy atom. The minimum absolute atomic E-state index is 0.153. The molecule has 0 spiro atoms. The molecule has 0 saturated carbocycles. The van der Waals surface area contributed by atoms with Crippen LogP contribution in [0.3, 0.4) is 0 Å². The lowest BCUT2D eigenvalue weighted by atomic mass is 10.8. The molecular formula is C6H4N2OS3. The molecule has 0 aliphatic rings. The fraction of sp³-hybridized carbons (Fsp3) is 0. The number of hydrogen-bond acceptors (Lipinski definition) is 5. The van der Waals surface area contributed by atoms with Crippen LogP contribution in [0.5, 0.6) is 5.88 Å². The molecule has 2 aromatic rings. The van der Waals surface area contributed by atoms with Crippen molar-refractivity contribution < 1.29 is 5.11 Å². The first kappa shape index (κ1) is 7.90. The van der Waals surface area contributed by atoms with E-state index in [2.05, 4.69) is 4.98 Å². The number of thiazole rings is 2. The van der Waals surface area contributed by atoms with Crippen molar-refractivity contribution in [3.05, 3.63) is 20.9 Å². The quantitative estimate of drug-likeness (QED) is 0.744. The highest BCUT2D eigenvalue weighted by Gasteiger charge is 2.05. The van der Waals surface area contributed by atoms with E-state index in [1.807, 2.05) is 5.38 Å². The van der Waals surface area contributed by atoms with Crippen LogP contribution >= 0.6 is 34.9 Å². The van der Waals surface area contributed by atoms with Gasteiger partial charge < -0.3 is 5.11 Å². The SMILES string of the molecule is Oc1csc(=S)n1-c1nccs1. The van der Waals surface area contributed by atoms with Gasteiger partial charge in [-0.3, -0.25) is 0 Å². The van der Waals surface area contributed by atoms with Crippen molar-refractivity contribution in [2.24, 2.45) is 0 Å². The minimum atomic E-state index is 0.153. The van der Waals surface area contributed by atoms with E-state index in [1.54, 1.807) is 16.1 Å². The summed E-state index contributed by atoms with van der Waals surface area (Å²) in [4.78, 5) is 4.04. The van der Waals surface area contributed by atoms with E-state index in [9.17, 15) is 5.11 Å². The van der Waals surface area contributed by atoms with E-state index in [-0.39, 0.29) is 5.88 Å². The summed E-state index contributed by atoms with van der Waals surface area (Å²) < 4.78 is 2.16. The van der Waals surface area contributed by atoms with Crippen LogP contribution in [0.15, 0.2) is 17.0 Å². The summed E-state index contributed by atoms with van der Waals surface area (Å²) in [6, 6.07) is 0. The van der Waals surface area contributed by atoms with Gasteiger partial charge in [-0.25, -0.2) is 9.55 Å². The second-order valence-corrected chi connectivity index (χ2v) is 4.39. The second kappa shape index (κ2) is 2.96.